The largest absolute Gasteiger partial charge is 0.433 e. The number of halogens is 3. The number of benzene rings is 1. The highest BCUT2D eigenvalue weighted by molar-refractivity contribution is 6.03. The van der Waals surface area contributed by atoms with Crippen molar-refractivity contribution in [1.29, 1.82) is 0 Å². The molecule has 1 fully saturated rings. The van der Waals surface area contributed by atoms with Crippen LogP contribution in [0.5, 0.6) is 0 Å². The van der Waals surface area contributed by atoms with Crippen LogP contribution < -0.4 is 10.2 Å². The third kappa shape index (κ3) is 3.96. The Hall–Kier alpha value is -3.10. The van der Waals surface area contributed by atoms with Crippen LogP contribution in [0.3, 0.4) is 0 Å². The van der Waals surface area contributed by atoms with Gasteiger partial charge in [0, 0.05) is 42.1 Å². The lowest BCUT2D eigenvalue weighted by Crippen LogP contribution is -2.21. The molecule has 0 spiro atoms. The minimum Gasteiger partial charge on any atom is -0.372 e. The molecule has 1 aliphatic carbocycles. The number of rotatable bonds is 6. The Balaban J connectivity index is 1.60. The maximum Gasteiger partial charge on any atom is 0.433 e. The SMILES string of the molecule is CCN(CC)c1ccc(NC(=O)c2cc3nc(C4CC4)cc(C(F)(F)F)n3n2)cc1. The Bertz CT molecular complexity index is 1070. The van der Waals surface area contributed by atoms with Crippen molar-refractivity contribution in [2.24, 2.45) is 0 Å². The Morgan fingerprint density at radius 2 is 1.83 bits per heavy atom. The lowest BCUT2D eigenvalue weighted by atomic mass is 10.2. The molecule has 1 amide bonds. The van der Waals surface area contributed by atoms with E-state index in [1.807, 2.05) is 12.1 Å². The zero-order chi connectivity index (χ0) is 21.5. The Morgan fingerprint density at radius 3 is 2.40 bits per heavy atom. The van der Waals surface area contributed by atoms with Crippen LogP contribution in [0.4, 0.5) is 24.5 Å². The average molecular weight is 417 g/mol. The lowest BCUT2D eigenvalue weighted by Gasteiger charge is -2.21. The van der Waals surface area contributed by atoms with Crippen molar-refractivity contribution in [1.82, 2.24) is 14.6 Å². The summed E-state index contributed by atoms with van der Waals surface area (Å²) < 4.78 is 41.2. The monoisotopic (exact) mass is 417 g/mol. The maximum atomic E-state index is 13.5. The van der Waals surface area contributed by atoms with Gasteiger partial charge < -0.3 is 10.2 Å². The van der Waals surface area contributed by atoms with E-state index in [4.69, 9.17) is 0 Å². The summed E-state index contributed by atoms with van der Waals surface area (Å²) in [5.41, 5.74) is 0.946. The van der Waals surface area contributed by atoms with E-state index in [1.54, 1.807) is 12.1 Å². The van der Waals surface area contributed by atoms with Crippen molar-refractivity contribution < 1.29 is 18.0 Å². The molecule has 4 rings (SSSR count). The van der Waals surface area contributed by atoms with Crippen LogP contribution in [0.25, 0.3) is 5.65 Å². The van der Waals surface area contributed by atoms with Gasteiger partial charge in [0.1, 0.15) is 5.69 Å². The van der Waals surface area contributed by atoms with E-state index < -0.39 is 17.8 Å². The molecule has 0 bridgehead atoms. The number of amides is 1. The number of alkyl halides is 3. The quantitative estimate of drug-likeness (QED) is 0.630. The van der Waals surface area contributed by atoms with E-state index in [1.165, 1.54) is 6.07 Å². The van der Waals surface area contributed by atoms with Crippen molar-refractivity contribution in [3.05, 3.63) is 53.5 Å². The van der Waals surface area contributed by atoms with Gasteiger partial charge in [-0.2, -0.15) is 18.3 Å². The number of aromatic nitrogens is 3. The minimum atomic E-state index is -4.59. The molecule has 1 aromatic carbocycles. The summed E-state index contributed by atoms with van der Waals surface area (Å²) in [6.45, 7) is 5.84. The molecule has 0 saturated heterocycles. The summed E-state index contributed by atoms with van der Waals surface area (Å²) >= 11 is 0. The number of hydrogen-bond donors (Lipinski definition) is 1. The van der Waals surface area contributed by atoms with E-state index in [2.05, 4.69) is 34.1 Å². The van der Waals surface area contributed by atoms with Crippen LogP contribution >= 0.6 is 0 Å². The molecule has 2 aromatic heterocycles. The number of anilines is 2. The van der Waals surface area contributed by atoms with Crippen molar-refractivity contribution >= 4 is 22.9 Å². The molecule has 0 aliphatic heterocycles. The first-order valence-corrected chi connectivity index (χ1v) is 9.94. The second-order valence-electron chi connectivity index (χ2n) is 7.31. The van der Waals surface area contributed by atoms with E-state index in [0.717, 1.165) is 37.7 Å². The molecule has 158 valence electrons. The molecule has 0 radical (unpaired) electrons. The molecule has 0 unspecified atom stereocenters. The van der Waals surface area contributed by atoms with Crippen molar-refractivity contribution in [2.45, 2.75) is 38.8 Å². The summed E-state index contributed by atoms with van der Waals surface area (Å²) in [5, 5.41) is 6.57. The summed E-state index contributed by atoms with van der Waals surface area (Å²) in [4.78, 5) is 19.0. The normalized spacial score (nSPS) is 14.2. The van der Waals surface area contributed by atoms with E-state index >= 15 is 0 Å². The van der Waals surface area contributed by atoms with Gasteiger partial charge >= 0.3 is 6.18 Å². The number of carbonyl (C=O) groups excluding carboxylic acids is 1. The Labute approximate surface area is 171 Å². The first-order valence-electron chi connectivity index (χ1n) is 9.94. The van der Waals surface area contributed by atoms with Crippen molar-refractivity contribution in [3.63, 3.8) is 0 Å². The third-order valence-corrected chi connectivity index (χ3v) is 5.22. The topological polar surface area (TPSA) is 62.5 Å². The highest BCUT2D eigenvalue weighted by Crippen LogP contribution is 2.41. The number of nitrogens with one attached hydrogen (secondary N) is 1. The van der Waals surface area contributed by atoms with E-state index in [0.29, 0.717) is 15.9 Å². The van der Waals surface area contributed by atoms with Crippen LogP contribution in [0.1, 0.15) is 54.5 Å². The highest BCUT2D eigenvalue weighted by Gasteiger charge is 2.37. The zero-order valence-corrected chi connectivity index (χ0v) is 16.7. The fourth-order valence-electron chi connectivity index (χ4n) is 3.43. The Morgan fingerprint density at radius 1 is 1.17 bits per heavy atom. The third-order valence-electron chi connectivity index (χ3n) is 5.22. The zero-order valence-electron chi connectivity index (χ0n) is 16.7. The van der Waals surface area contributed by atoms with Crippen LogP contribution in [0.15, 0.2) is 36.4 Å². The lowest BCUT2D eigenvalue weighted by molar-refractivity contribution is -0.142. The van der Waals surface area contributed by atoms with Gasteiger partial charge in [0.05, 0.1) is 0 Å². The summed E-state index contributed by atoms with van der Waals surface area (Å²) in [6, 6.07) is 9.61. The molecule has 3 aromatic rings. The number of carbonyl (C=O) groups is 1. The molecule has 9 heteroatoms. The van der Waals surface area contributed by atoms with Crippen molar-refractivity contribution in [2.75, 3.05) is 23.3 Å². The highest BCUT2D eigenvalue weighted by atomic mass is 19.4. The van der Waals surface area contributed by atoms with Crippen LogP contribution in [-0.2, 0) is 6.18 Å². The van der Waals surface area contributed by atoms with Gasteiger partial charge in [-0.1, -0.05) is 0 Å². The molecule has 2 heterocycles. The molecular weight excluding hydrogens is 395 g/mol. The number of nitrogens with zero attached hydrogens (tertiary/aromatic N) is 4. The molecule has 1 N–H and O–H groups in total. The Kier molecular flexibility index (Phi) is 5.13. The van der Waals surface area contributed by atoms with Gasteiger partial charge in [-0.05, 0) is 57.0 Å². The molecule has 30 heavy (non-hydrogen) atoms. The van der Waals surface area contributed by atoms with Crippen molar-refractivity contribution in [3.8, 4) is 0 Å². The fourth-order valence-corrected chi connectivity index (χ4v) is 3.43. The first-order chi connectivity index (χ1) is 14.3. The molecule has 1 saturated carbocycles. The van der Waals surface area contributed by atoms with Crippen LogP contribution in [-0.4, -0.2) is 33.6 Å². The summed E-state index contributed by atoms with van der Waals surface area (Å²) in [5.74, 6) is -0.537. The predicted molar refractivity (Wildman–Crippen MR) is 108 cm³/mol. The van der Waals surface area contributed by atoms with Gasteiger partial charge in [-0.3, -0.25) is 4.79 Å². The second-order valence-corrected chi connectivity index (χ2v) is 7.31. The van der Waals surface area contributed by atoms with Gasteiger partial charge in [-0.25, -0.2) is 9.50 Å². The van der Waals surface area contributed by atoms with Gasteiger partial charge in [0.2, 0.25) is 0 Å². The molecule has 6 nitrogen and oxygen atoms in total. The first kappa shape index (κ1) is 20.2. The molecule has 0 atom stereocenters. The van der Waals surface area contributed by atoms with Gasteiger partial charge in [0.25, 0.3) is 5.91 Å². The van der Waals surface area contributed by atoms with Gasteiger partial charge in [-0.15, -0.1) is 0 Å². The molecule has 1 aliphatic rings. The number of fused-ring (bicyclic) bond motifs is 1. The fraction of sp³-hybridized carbons (Fsp3) is 0.381. The van der Waals surface area contributed by atoms with E-state index in [-0.39, 0.29) is 17.3 Å². The average Bonchev–Trinajstić information content (AvgIpc) is 3.47. The van der Waals surface area contributed by atoms with E-state index in [9.17, 15) is 18.0 Å². The van der Waals surface area contributed by atoms with Crippen LogP contribution in [0.2, 0.25) is 0 Å². The predicted octanol–water partition coefficient (Wildman–Crippen LogP) is 4.72. The molecular formula is C21H22F3N5O. The standard InChI is InChI=1S/C21H22F3N5O/c1-3-28(4-2)15-9-7-14(8-10-15)25-20(30)17-12-19-26-16(13-5-6-13)11-18(21(22,23)24)29(19)27-17/h7-13H,3-6H2,1-2H3,(H,25,30). The van der Waals surface area contributed by atoms with Gasteiger partial charge in [0.15, 0.2) is 11.3 Å². The second kappa shape index (κ2) is 7.62. The summed E-state index contributed by atoms with van der Waals surface area (Å²) in [7, 11) is 0. The summed E-state index contributed by atoms with van der Waals surface area (Å²) in [6.07, 6.45) is -2.94. The number of hydrogen-bond acceptors (Lipinski definition) is 4. The smallest absolute Gasteiger partial charge is 0.372 e. The maximum absolute atomic E-state index is 13.5. The minimum absolute atomic E-state index is 0.0220. The van der Waals surface area contributed by atoms with Crippen LogP contribution in [0, 0.1) is 0 Å².